The first-order valence-corrected chi connectivity index (χ1v) is 14.0. The Morgan fingerprint density at radius 2 is 1.48 bits per heavy atom. The molecule has 1 saturated heterocycles. The summed E-state index contributed by atoms with van der Waals surface area (Å²) < 4.78 is 22.2. The maximum absolute atomic E-state index is 12.3. The molecule has 0 radical (unpaired) electrons. The molecule has 0 saturated carbocycles. The van der Waals surface area contributed by atoms with Crippen molar-refractivity contribution >= 4 is 5.78 Å². The van der Waals surface area contributed by atoms with Crippen molar-refractivity contribution in [3.63, 3.8) is 0 Å². The van der Waals surface area contributed by atoms with Gasteiger partial charge in [-0.2, -0.15) is 0 Å². The van der Waals surface area contributed by atoms with Crippen LogP contribution in [0.1, 0.15) is 86.5 Å². The fourth-order valence-corrected chi connectivity index (χ4v) is 5.69. The zero-order chi connectivity index (χ0) is 30.6. The fraction of sp³-hybridized carbons (Fsp3) is 0.618. The summed E-state index contributed by atoms with van der Waals surface area (Å²) in [6.45, 7) is 21.5. The Labute approximate surface area is 242 Å². The van der Waals surface area contributed by atoms with Gasteiger partial charge in [-0.05, 0) is 40.8 Å². The van der Waals surface area contributed by atoms with Crippen molar-refractivity contribution in [1.82, 2.24) is 0 Å². The van der Waals surface area contributed by atoms with Gasteiger partial charge >= 0.3 is 0 Å². The molecule has 0 aromatic heterocycles. The van der Waals surface area contributed by atoms with Gasteiger partial charge in [-0.15, -0.1) is 0 Å². The normalized spacial score (nSPS) is 20.9. The SMILES string of the molecule is COc1cccc(C2OCC(C)(C)C2(O)C(C)(C)C)c1.COc1cccc(COCC(C)(C)C(=O)C(C)(C)C)c1. The average Bonchev–Trinajstić information content (AvgIpc) is 3.13. The number of ketones is 1. The van der Waals surface area contributed by atoms with Crippen molar-refractivity contribution in [1.29, 1.82) is 0 Å². The highest BCUT2D eigenvalue weighted by atomic mass is 16.5. The van der Waals surface area contributed by atoms with Crippen LogP contribution in [0.5, 0.6) is 11.5 Å². The predicted octanol–water partition coefficient (Wildman–Crippen LogP) is 7.42. The smallest absolute Gasteiger partial charge is 0.146 e. The van der Waals surface area contributed by atoms with Crippen LogP contribution in [0.25, 0.3) is 0 Å². The minimum Gasteiger partial charge on any atom is -0.497 e. The van der Waals surface area contributed by atoms with Gasteiger partial charge < -0.3 is 24.1 Å². The number of aliphatic hydroxyl groups is 1. The molecular weight excluding hydrogens is 504 g/mol. The molecule has 0 aliphatic carbocycles. The van der Waals surface area contributed by atoms with E-state index in [-0.39, 0.29) is 28.1 Å². The van der Waals surface area contributed by atoms with Crippen molar-refractivity contribution in [2.24, 2.45) is 21.7 Å². The van der Waals surface area contributed by atoms with Gasteiger partial charge in [0.2, 0.25) is 0 Å². The largest absolute Gasteiger partial charge is 0.497 e. The molecular formula is C34H52O6. The molecule has 6 heteroatoms. The Balaban J connectivity index is 0.000000280. The predicted molar refractivity (Wildman–Crippen MR) is 161 cm³/mol. The number of Topliss-reactive ketones (excluding diaryl/α,β-unsaturated/α-hetero) is 1. The Morgan fingerprint density at radius 1 is 0.925 bits per heavy atom. The standard InChI is InChI=1S/2C17H26O3/c1-15(2,3)17(18)14(20-11-16(17,4)5)12-8-7-9-13(10-12)19-6;1-16(2,3)15(18)17(4,5)12-20-11-13-8-7-9-14(10-13)19-6/h7-10,14,18H,11H2,1-6H3;7-10H,11-12H2,1-6H3. The lowest BCUT2D eigenvalue weighted by Crippen LogP contribution is -2.54. The second-order valence-electron chi connectivity index (χ2n) is 14.2. The highest BCUT2D eigenvalue weighted by Crippen LogP contribution is 2.57. The van der Waals surface area contributed by atoms with E-state index in [0.29, 0.717) is 19.8 Å². The van der Waals surface area contributed by atoms with Gasteiger partial charge in [-0.3, -0.25) is 4.79 Å². The van der Waals surface area contributed by atoms with Gasteiger partial charge in [0.05, 0.1) is 34.0 Å². The van der Waals surface area contributed by atoms with Crippen LogP contribution >= 0.6 is 0 Å². The quantitative estimate of drug-likeness (QED) is 0.365. The fourth-order valence-electron chi connectivity index (χ4n) is 5.69. The third-order valence-electron chi connectivity index (χ3n) is 7.72. The second kappa shape index (κ2) is 12.6. The van der Waals surface area contributed by atoms with Crippen LogP contribution in [0.3, 0.4) is 0 Å². The summed E-state index contributed by atoms with van der Waals surface area (Å²) >= 11 is 0. The third-order valence-corrected chi connectivity index (χ3v) is 7.72. The van der Waals surface area contributed by atoms with E-state index in [1.807, 2.05) is 83.1 Å². The maximum Gasteiger partial charge on any atom is 0.146 e. The molecule has 2 atom stereocenters. The van der Waals surface area contributed by atoms with Gasteiger partial charge in [0, 0.05) is 16.2 Å². The van der Waals surface area contributed by atoms with Gasteiger partial charge in [0.15, 0.2) is 0 Å². The zero-order valence-corrected chi connectivity index (χ0v) is 26.8. The summed E-state index contributed by atoms with van der Waals surface area (Å²) in [7, 11) is 3.29. The summed E-state index contributed by atoms with van der Waals surface area (Å²) in [4.78, 5) is 12.3. The van der Waals surface area contributed by atoms with Crippen molar-refractivity contribution in [2.45, 2.75) is 87.5 Å². The van der Waals surface area contributed by atoms with Crippen LogP contribution in [0.15, 0.2) is 48.5 Å². The van der Waals surface area contributed by atoms with E-state index < -0.39 is 11.0 Å². The molecule has 0 spiro atoms. The minimum atomic E-state index is -0.938. The summed E-state index contributed by atoms with van der Waals surface area (Å²) in [6, 6.07) is 15.5. The van der Waals surface area contributed by atoms with Crippen molar-refractivity contribution in [3.05, 3.63) is 59.7 Å². The molecule has 1 fully saturated rings. The first-order chi connectivity index (χ1) is 18.3. The van der Waals surface area contributed by atoms with Crippen LogP contribution < -0.4 is 9.47 Å². The first-order valence-electron chi connectivity index (χ1n) is 14.0. The molecule has 1 N–H and O–H groups in total. The lowest BCUT2D eigenvalue weighted by molar-refractivity contribution is -0.149. The topological polar surface area (TPSA) is 74.2 Å². The summed E-state index contributed by atoms with van der Waals surface area (Å²) in [5.74, 6) is 1.82. The monoisotopic (exact) mass is 556 g/mol. The average molecular weight is 557 g/mol. The molecule has 2 unspecified atom stereocenters. The Bertz CT molecular complexity index is 1120. The molecule has 1 aliphatic rings. The van der Waals surface area contributed by atoms with E-state index in [9.17, 15) is 9.90 Å². The molecule has 2 aromatic carbocycles. The van der Waals surface area contributed by atoms with Crippen LogP contribution in [0.2, 0.25) is 0 Å². The van der Waals surface area contributed by atoms with Crippen molar-refractivity contribution < 1.29 is 28.8 Å². The number of rotatable bonds is 8. The lowest BCUT2D eigenvalue weighted by Gasteiger charge is -2.48. The summed E-state index contributed by atoms with van der Waals surface area (Å²) in [5.41, 5.74) is -0.345. The number of methoxy groups -OCH3 is 2. The molecule has 3 rings (SSSR count). The third kappa shape index (κ3) is 7.65. The van der Waals surface area contributed by atoms with E-state index in [2.05, 4.69) is 34.6 Å². The highest BCUT2D eigenvalue weighted by molar-refractivity contribution is 5.88. The zero-order valence-electron chi connectivity index (χ0n) is 26.8. The van der Waals surface area contributed by atoms with Crippen LogP contribution in [-0.4, -0.2) is 43.9 Å². The summed E-state index contributed by atoms with van der Waals surface area (Å²) in [5, 5.41) is 11.5. The molecule has 0 bridgehead atoms. The van der Waals surface area contributed by atoms with Crippen LogP contribution in [0, 0.1) is 21.7 Å². The van der Waals surface area contributed by atoms with Crippen LogP contribution in [-0.2, 0) is 20.9 Å². The van der Waals surface area contributed by atoms with Crippen molar-refractivity contribution in [2.75, 3.05) is 27.4 Å². The van der Waals surface area contributed by atoms with Crippen LogP contribution in [0.4, 0.5) is 0 Å². The lowest BCUT2D eigenvalue weighted by atomic mass is 9.60. The number of hydrogen-bond acceptors (Lipinski definition) is 6. The van der Waals surface area contributed by atoms with E-state index >= 15 is 0 Å². The highest BCUT2D eigenvalue weighted by Gasteiger charge is 2.62. The number of benzene rings is 2. The molecule has 1 heterocycles. The van der Waals surface area contributed by atoms with Gasteiger partial charge in [0.1, 0.15) is 29.0 Å². The molecule has 6 nitrogen and oxygen atoms in total. The maximum atomic E-state index is 12.3. The Morgan fingerprint density at radius 3 is 2.00 bits per heavy atom. The number of carbonyl (C=O) groups is 1. The first kappa shape index (κ1) is 33.8. The van der Waals surface area contributed by atoms with E-state index in [0.717, 1.165) is 22.6 Å². The molecule has 224 valence electrons. The molecule has 40 heavy (non-hydrogen) atoms. The number of carbonyl (C=O) groups excluding carboxylic acids is 1. The number of ether oxygens (including phenoxy) is 4. The van der Waals surface area contributed by atoms with E-state index in [4.69, 9.17) is 18.9 Å². The molecule has 0 amide bonds. The molecule has 1 aliphatic heterocycles. The second-order valence-corrected chi connectivity index (χ2v) is 14.2. The number of hydrogen-bond donors (Lipinski definition) is 1. The van der Waals surface area contributed by atoms with Gasteiger partial charge in [0.25, 0.3) is 0 Å². The Kier molecular flexibility index (Phi) is 10.7. The van der Waals surface area contributed by atoms with E-state index in [1.54, 1.807) is 14.2 Å². The van der Waals surface area contributed by atoms with Gasteiger partial charge in [-0.1, -0.05) is 93.5 Å². The van der Waals surface area contributed by atoms with E-state index in [1.165, 1.54) is 0 Å². The Hall–Kier alpha value is -2.41. The molecule has 2 aromatic rings. The minimum absolute atomic E-state index is 0.218. The van der Waals surface area contributed by atoms with Gasteiger partial charge in [-0.25, -0.2) is 0 Å². The summed E-state index contributed by atoms with van der Waals surface area (Å²) in [6.07, 6.45) is -0.340. The van der Waals surface area contributed by atoms with Crippen molar-refractivity contribution in [3.8, 4) is 11.5 Å².